The van der Waals surface area contributed by atoms with Crippen LogP contribution in [0.3, 0.4) is 0 Å². The van der Waals surface area contributed by atoms with Crippen LogP contribution in [0.5, 0.6) is 0 Å². The zero-order chi connectivity index (χ0) is 12.1. The highest BCUT2D eigenvalue weighted by molar-refractivity contribution is 3.92. The van der Waals surface area contributed by atoms with E-state index < -0.39 is 0 Å². The second kappa shape index (κ2) is 161. The van der Waals surface area contributed by atoms with E-state index in [4.69, 9.17) is 0 Å². The highest BCUT2D eigenvalue weighted by atomic mass is 13.4. The van der Waals surface area contributed by atoms with Gasteiger partial charge < -0.3 is 0 Å². The first-order valence-corrected chi connectivity index (χ1v) is 6.24. The predicted octanol–water partition coefficient (Wildman–Crippen LogP) is 6.30. The summed E-state index contributed by atoms with van der Waals surface area (Å²) in [5.41, 5.74) is 0. The summed E-state index contributed by atoms with van der Waals surface area (Å²) in [5, 5.41) is 0. The monoisotopic (exact) mass is 192 g/mol. The van der Waals surface area contributed by atoms with Gasteiger partial charge >= 0.3 is 0 Å². The van der Waals surface area contributed by atoms with E-state index in [-0.39, 0.29) is 0 Å². The van der Waals surface area contributed by atoms with Gasteiger partial charge in [0.15, 0.2) is 0 Å². The van der Waals surface area contributed by atoms with Gasteiger partial charge in [-0.05, 0) is 0 Å². The van der Waals surface area contributed by atoms with Crippen LogP contribution in [-0.2, 0) is 0 Å². The summed E-state index contributed by atoms with van der Waals surface area (Å²) in [6, 6.07) is 0. The number of hydrogen-bond acceptors (Lipinski definition) is 0. The Morgan fingerprint density at radius 2 is 0.385 bits per heavy atom. The molecule has 0 unspecified atom stereocenters. The average Bonchev–Trinajstić information content (AvgIpc) is 2.14. The maximum atomic E-state index is 2.12. The van der Waals surface area contributed by atoms with Crippen LogP contribution in [0.2, 0.25) is 0 Å². The second-order valence-electron chi connectivity index (χ2n) is 2.12. The lowest BCUT2D eigenvalue weighted by molar-refractivity contribution is 1.09. The highest BCUT2D eigenvalue weighted by Gasteiger charge is 1.36. The summed E-state index contributed by atoms with van der Waals surface area (Å²) >= 11 is 0. The van der Waals surface area contributed by atoms with Crippen molar-refractivity contribution in [2.75, 3.05) is 0 Å². The van der Waals surface area contributed by atoms with Crippen LogP contribution >= 0.6 is 0 Å². The first-order valence-electron chi connectivity index (χ1n) is 6.24. The zero-order valence-corrected chi connectivity index (χ0v) is 12.1. The Kier molecular flexibility index (Phi) is 363. The molecule has 0 saturated carbocycles. The largest absolute Gasteiger partial charge is 0.0683 e. The van der Waals surface area contributed by atoms with Gasteiger partial charge in [0.2, 0.25) is 0 Å². The van der Waals surface area contributed by atoms with Crippen LogP contribution in [0.25, 0.3) is 0 Å². The fourth-order valence-electron chi connectivity index (χ4n) is 0. The standard InChI is InChI=1S/3C3H8.2C2H6/c3*1-3-2;2*1-2/h3*3H2,1-2H3;2*1-2H3. The van der Waals surface area contributed by atoms with Crippen molar-refractivity contribution in [3.8, 4) is 0 Å². The molecule has 0 radical (unpaired) electrons. The molecule has 0 aromatic rings. The van der Waals surface area contributed by atoms with Crippen molar-refractivity contribution >= 4 is 0 Å². The third-order valence-corrected chi connectivity index (χ3v) is 0. The molecule has 0 atom stereocenters. The molecule has 0 heterocycles. The molecule has 0 bridgehead atoms. The van der Waals surface area contributed by atoms with Gasteiger partial charge in [-0.25, -0.2) is 0 Å². The van der Waals surface area contributed by atoms with Crippen molar-refractivity contribution in [2.45, 2.75) is 88.5 Å². The van der Waals surface area contributed by atoms with E-state index in [1.54, 1.807) is 0 Å². The van der Waals surface area contributed by atoms with E-state index in [1.807, 2.05) is 27.7 Å². The molecule has 0 heteroatoms. The molecule has 0 nitrogen and oxygen atoms in total. The molecule has 0 aliphatic rings. The van der Waals surface area contributed by atoms with Crippen LogP contribution in [0.4, 0.5) is 0 Å². The molecule has 0 aromatic heterocycles. The van der Waals surface area contributed by atoms with Crippen molar-refractivity contribution in [2.24, 2.45) is 0 Å². The molecule has 0 amide bonds. The Morgan fingerprint density at radius 1 is 0.385 bits per heavy atom. The lowest BCUT2D eigenvalue weighted by Gasteiger charge is -1.48. The first-order chi connectivity index (χ1) is 6.24. The summed E-state index contributed by atoms with van der Waals surface area (Å²) < 4.78 is 0. The molecule has 0 aromatic carbocycles. The fourth-order valence-corrected chi connectivity index (χ4v) is 0. The van der Waals surface area contributed by atoms with Crippen molar-refractivity contribution in [1.82, 2.24) is 0 Å². The van der Waals surface area contributed by atoms with Crippen LogP contribution in [0, 0.1) is 0 Å². The minimum atomic E-state index is 1.25. The number of hydrogen-bond donors (Lipinski definition) is 0. The highest BCUT2D eigenvalue weighted by Crippen LogP contribution is 1.56. The molecule has 0 aliphatic heterocycles. The van der Waals surface area contributed by atoms with Crippen LogP contribution < -0.4 is 0 Å². The average molecular weight is 192 g/mol. The molecule has 13 heavy (non-hydrogen) atoms. The Labute approximate surface area is 89.1 Å². The summed E-state index contributed by atoms with van der Waals surface area (Å²) in [7, 11) is 0. The Hall–Kier alpha value is 0. The Balaban J connectivity index is -0.0000000208. The van der Waals surface area contributed by atoms with Crippen molar-refractivity contribution < 1.29 is 0 Å². The first kappa shape index (κ1) is 29.2. The van der Waals surface area contributed by atoms with Gasteiger partial charge in [0.05, 0.1) is 0 Å². The molecule has 0 aliphatic carbocycles. The molecular formula is C13H36. The van der Waals surface area contributed by atoms with Crippen LogP contribution in [0.1, 0.15) is 88.5 Å². The maximum Gasteiger partial charge on any atom is -0.0590 e. The third-order valence-electron chi connectivity index (χ3n) is 0. The topological polar surface area (TPSA) is 0 Å². The smallest absolute Gasteiger partial charge is 0.0590 e. The van der Waals surface area contributed by atoms with Crippen molar-refractivity contribution in [3.63, 3.8) is 0 Å². The van der Waals surface area contributed by atoms with Gasteiger partial charge in [0.25, 0.3) is 0 Å². The summed E-state index contributed by atoms with van der Waals surface area (Å²) in [6.45, 7) is 20.8. The van der Waals surface area contributed by atoms with Crippen LogP contribution in [-0.4, -0.2) is 0 Å². The normalized spacial score (nSPS) is 5.08. The lowest BCUT2D eigenvalue weighted by atomic mass is 10.6. The van der Waals surface area contributed by atoms with E-state index in [2.05, 4.69) is 41.5 Å². The quantitative estimate of drug-likeness (QED) is 0.422. The molecular weight excluding hydrogens is 156 g/mol. The Bertz CT molecular complexity index is 4.75. The van der Waals surface area contributed by atoms with E-state index in [0.717, 1.165) is 0 Å². The molecule has 0 fully saturated rings. The van der Waals surface area contributed by atoms with Gasteiger partial charge in [-0.15, -0.1) is 0 Å². The van der Waals surface area contributed by atoms with Crippen LogP contribution in [0.15, 0.2) is 0 Å². The molecule has 0 spiro atoms. The van der Waals surface area contributed by atoms with Crippen molar-refractivity contribution in [1.29, 1.82) is 0 Å². The molecule has 0 rings (SSSR count). The maximum absolute atomic E-state index is 2.12. The minimum absolute atomic E-state index is 1.25. The zero-order valence-electron chi connectivity index (χ0n) is 12.1. The van der Waals surface area contributed by atoms with Gasteiger partial charge in [0, 0.05) is 0 Å². The second-order valence-corrected chi connectivity index (χ2v) is 2.12. The van der Waals surface area contributed by atoms with Gasteiger partial charge in [0.1, 0.15) is 0 Å². The summed E-state index contributed by atoms with van der Waals surface area (Å²) in [4.78, 5) is 0. The van der Waals surface area contributed by atoms with Crippen molar-refractivity contribution in [3.05, 3.63) is 0 Å². The number of rotatable bonds is 0. The summed E-state index contributed by atoms with van der Waals surface area (Å²) in [5.74, 6) is 0. The minimum Gasteiger partial charge on any atom is -0.0683 e. The fraction of sp³-hybridized carbons (Fsp3) is 1.00. The molecule has 88 valence electrons. The molecule has 0 saturated heterocycles. The lowest BCUT2D eigenvalue weighted by Crippen LogP contribution is -1.27. The Morgan fingerprint density at radius 3 is 0.385 bits per heavy atom. The van der Waals surface area contributed by atoms with Gasteiger partial charge in [-0.3, -0.25) is 0 Å². The summed E-state index contributed by atoms with van der Waals surface area (Å²) in [6.07, 6.45) is 3.75. The third kappa shape index (κ3) is 0. The molecule has 0 N–H and O–H groups in total. The van der Waals surface area contributed by atoms with E-state index in [0.29, 0.717) is 0 Å². The van der Waals surface area contributed by atoms with E-state index in [1.165, 1.54) is 19.3 Å². The van der Waals surface area contributed by atoms with Gasteiger partial charge in [-0.2, -0.15) is 0 Å². The SMILES string of the molecule is CC.CC.CCC.CCC.CCC. The van der Waals surface area contributed by atoms with E-state index in [9.17, 15) is 0 Å². The van der Waals surface area contributed by atoms with E-state index >= 15 is 0 Å². The predicted molar refractivity (Wildman–Crippen MR) is 70.6 cm³/mol. The van der Waals surface area contributed by atoms with Gasteiger partial charge in [-0.1, -0.05) is 88.5 Å².